The third-order valence-corrected chi connectivity index (χ3v) is 10.5. The molecule has 0 aliphatic carbocycles. The fraction of sp³-hybridized carbons (Fsp3) is 0.759. The van der Waals surface area contributed by atoms with E-state index in [1.807, 2.05) is 30.6 Å². The zero-order valence-corrected chi connectivity index (χ0v) is 24.2. The average molecular weight is 534 g/mol. The van der Waals surface area contributed by atoms with Crippen LogP contribution in [0.2, 0.25) is 0 Å². The monoisotopic (exact) mass is 533 g/mol. The number of fused-ring (bicyclic) bond motifs is 1. The minimum absolute atomic E-state index is 0.000354. The van der Waals surface area contributed by atoms with Crippen LogP contribution in [0.4, 0.5) is 0 Å². The number of thioether (sulfide) groups is 1. The second kappa shape index (κ2) is 12.4. The number of aliphatic hydroxyl groups excluding tert-OH is 1. The molecule has 0 radical (unpaired) electrons. The molecule has 8 heteroatoms. The number of aliphatic hydroxyl groups is 1. The van der Waals surface area contributed by atoms with E-state index in [0.717, 1.165) is 32.1 Å². The maximum atomic E-state index is 14.5. The Morgan fingerprint density at radius 3 is 2.38 bits per heavy atom. The van der Waals surface area contributed by atoms with Crippen molar-refractivity contribution in [3.8, 4) is 0 Å². The molecule has 3 amide bonds. The van der Waals surface area contributed by atoms with Gasteiger partial charge in [0.25, 0.3) is 0 Å². The SMILES string of the molecule is C=CCN(CCC)C(=O)[C@@H]1[C@@H]2CCC3(S2)C(C(=O)N(CC=C)C(C)CCC)N([C@@H](CO)C(C)C)C(=O)[C@H]13. The van der Waals surface area contributed by atoms with Crippen molar-refractivity contribution in [1.29, 1.82) is 0 Å². The molecule has 3 aliphatic rings. The van der Waals surface area contributed by atoms with E-state index in [4.69, 9.17) is 0 Å². The van der Waals surface area contributed by atoms with Crippen molar-refractivity contribution in [2.45, 2.75) is 94.8 Å². The van der Waals surface area contributed by atoms with Gasteiger partial charge in [-0.1, -0.05) is 46.3 Å². The van der Waals surface area contributed by atoms with Gasteiger partial charge < -0.3 is 19.8 Å². The van der Waals surface area contributed by atoms with E-state index < -0.39 is 28.7 Å². The van der Waals surface area contributed by atoms with Gasteiger partial charge in [-0.15, -0.1) is 24.9 Å². The normalized spacial score (nSPS) is 29.8. The molecule has 3 heterocycles. The lowest BCUT2D eigenvalue weighted by Gasteiger charge is -2.42. The van der Waals surface area contributed by atoms with Crippen LogP contribution in [0.15, 0.2) is 25.3 Å². The Balaban J connectivity index is 2.11. The molecule has 3 aliphatic heterocycles. The van der Waals surface area contributed by atoms with Crippen molar-refractivity contribution in [2.24, 2.45) is 17.8 Å². The van der Waals surface area contributed by atoms with E-state index in [-0.39, 0.29) is 41.5 Å². The van der Waals surface area contributed by atoms with Gasteiger partial charge >= 0.3 is 0 Å². The van der Waals surface area contributed by atoms with Crippen LogP contribution in [0, 0.1) is 17.8 Å². The molecule has 0 aromatic carbocycles. The van der Waals surface area contributed by atoms with Gasteiger partial charge in [0.1, 0.15) is 6.04 Å². The predicted molar refractivity (Wildman–Crippen MR) is 150 cm³/mol. The molecule has 7 atom stereocenters. The van der Waals surface area contributed by atoms with Crippen molar-refractivity contribution < 1.29 is 19.5 Å². The maximum absolute atomic E-state index is 14.5. The number of rotatable bonds is 14. The first-order valence-electron chi connectivity index (χ1n) is 14.1. The molecule has 0 aromatic heterocycles. The van der Waals surface area contributed by atoms with Crippen LogP contribution < -0.4 is 0 Å². The molecule has 208 valence electrons. The van der Waals surface area contributed by atoms with Crippen LogP contribution in [0.25, 0.3) is 0 Å². The Morgan fingerprint density at radius 2 is 1.84 bits per heavy atom. The summed E-state index contributed by atoms with van der Waals surface area (Å²) >= 11 is 1.69. The molecule has 2 bridgehead atoms. The molecule has 0 aromatic rings. The van der Waals surface area contributed by atoms with E-state index in [1.54, 1.807) is 28.8 Å². The highest BCUT2D eigenvalue weighted by Crippen LogP contribution is 2.67. The molecule has 1 spiro atoms. The Hall–Kier alpha value is -1.80. The lowest BCUT2D eigenvalue weighted by atomic mass is 9.70. The number of carbonyl (C=O) groups is 3. The first-order chi connectivity index (χ1) is 17.6. The molecule has 1 N–H and O–H groups in total. The Kier molecular flexibility index (Phi) is 9.95. The number of carbonyl (C=O) groups excluding carboxylic acids is 3. The highest BCUT2D eigenvalue weighted by molar-refractivity contribution is 8.02. The molecular formula is C29H47N3O4S. The Morgan fingerprint density at radius 1 is 1.16 bits per heavy atom. The minimum Gasteiger partial charge on any atom is -0.394 e. The van der Waals surface area contributed by atoms with E-state index in [2.05, 4.69) is 27.0 Å². The van der Waals surface area contributed by atoms with E-state index in [1.165, 1.54) is 0 Å². The predicted octanol–water partition coefficient (Wildman–Crippen LogP) is 3.72. The summed E-state index contributed by atoms with van der Waals surface area (Å²) < 4.78 is -0.654. The largest absolute Gasteiger partial charge is 0.394 e. The van der Waals surface area contributed by atoms with Gasteiger partial charge in [0.05, 0.1) is 29.2 Å². The lowest BCUT2D eigenvalue weighted by molar-refractivity contribution is -0.148. The zero-order valence-electron chi connectivity index (χ0n) is 23.4. The van der Waals surface area contributed by atoms with Crippen LogP contribution in [-0.4, -0.2) is 91.9 Å². The summed E-state index contributed by atoms with van der Waals surface area (Å²) in [4.78, 5) is 48.1. The quantitative estimate of drug-likeness (QED) is 0.344. The molecule has 37 heavy (non-hydrogen) atoms. The number of hydrogen-bond acceptors (Lipinski definition) is 5. The maximum Gasteiger partial charge on any atom is 0.247 e. The number of nitrogens with zero attached hydrogens (tertiary/aromatic N) is 3. The molecule has 0 saturated carbocycles. The van der Waals surface area contributed by atoms with Crippen molar-refractivity contribution in [3.63, 3.8) is 0 Å². The van der Waals surface area contributed by atoms with Gasteiger partial charge in [0.15, 0.2) is 0 Å². The van der Waals surface area contributed by atoms with E-state index in [0.29, 0.717) is 19.6 Å². The highest BCUT2D eigenvalue weighted by atomic mass is 32.2. The second-order valence-corrected chi connectivity index (χ2v) is 12.9. The van der Waals surface area contributed by atoms with Crippen molar-refractivity contribution in [3.05, 3.63) is 25.3 Å². The molecule has 3 unspecified atom stereocenters. The Bertz CT molecular complexity index is 879. The van der Waals surface area contributed by atoms with Crippen LogP contribution in [0.5, 0.6) is 0 Å². The smallest absolute Gasteiger partial charge is 0.247 e. The van der Waals surface area contributed by atoms with Crippen LogP contribution in [0.3, 0.4) is 0 Å². The van der Waals surface area contributed by atoms with Gasteiger partial charge in [0, 0.05) is 30.9 Å². The zero-order chi connectivity index (χ0) is 27.5. The summed E-state index contributed by atoms with van der Waals surface area (Å²) in [5, 5.41) is 10.4. The number of hydrogen-bond donors (Lipinski definition) is 1. The fourth-order valence-corrected chi connectivity index (χ4v) is 9.11. The van der Waals surface area contributed by atoms with E-state index in [9.17, 15) is 19.5 Å². The molecule has 3 rings (SSSR count). The summed E-state index contributed by atoms with van der Waals surface area (Å²) in [6, 6.07) is -1.18. The first-order valence-corrected chi connectivity index (χ1v) is 14.9. The summed E-state index contributed by atoms with van der Waals surface area (Å²) in [6.07, 6.45) is 7.65. The standard InChI is InChI=1S/C29H47N3O4S/c1-8-12-20(7)31(17-11-4)28(36)25-29-14-13-22(37-29)23(26(34)30(15-9-2)16-10-3)24(29)27(35)32(25)21(18-33)19(5)6/h9,11,19-25,33H,2,4,8,10,12-18H2,1,3,5-7H3/t20?,21-,22-,23+,24-,25?,29?/m0/s1. The van der Waals surface area contributed by atoms with Gasteiger partial charge in [-0.2, -0.15) is 0 Å². The molecular weight excluding hydrogens is 486 g/mol. The lowest BCUT2D eigenvalue weighted by Crippen LogP contribution is -2.59. The topological polar surface area (TPSA) is 81.2 Å². The van der Waals surface area contributed by atoms with Gasteiger partial charge in [0.2, 0.25) is 17.7 Å². The van der Waals surface area contributed by atoms with Gasteiger partial charge in [-0.25, -0.2) is 0 Å². The summed E-state index contributed by atoms with van der Waals surface area (Å²) in [5.41, 5.74) is 0. The highest BCUT2D eigenvalue weighted by Gasteiger charge is 2.74. The van der Waals surface area contributed by atoms with Crippen LogP contribution in [0.1, 0.15) is 66.7 Å². The molecule has 3 saturated heterocycles. The van der Waals surface area contributed by atoms with Crippen LogP contribution in [-0.2, 0) is 14.4 Å². The van der Waals surface area contributed by atoms with Crippen molar-refractivity contribution in [2.75, 3.05) is 26.2 Å². The molecule has 7 nitrogen and oxygen atoms in total. The van der Waals surface area contributed by atoms with Gasteiger partial charge in [-0.05, 0) is 38.5 Å². The first kappa shape index (κ1) is 29.8. The average Bonchev–Trinajstić information content (AvgIpc) is 3.50. The van der Waals surface area contributed by atoms with Gasteiger partial charge in [-0.3, -0.25) is 14.4 Å². The minimum atomic E-state index is -0.698. The number of likely N-dealkylation sites (tertiary alicyclic amines) is 1. The second-order valence-electron chi connectivity index (χ2n) is 11.3. The number of amides is 3. The van der Waals surface area contributed by atoms with E-state index >= 15 is 0 Å². The third kappa shape index (κ3) is 5.12. The summed E-state index contributed by atoms with van der Waals surface area (Å²) in [5.74, 6) is -1.26. The fourth-order valence-electron chi connectivity index (χ4n) is 6.91. The summed E-state index contributed by atoms with van der Waals surface area (Å²) in [7, 11) is 0. The third-order valence-electron chi connectivity index (χ3n) is 8.57. The van der Waals surface area contributed by atoms with Crippen LogP contribution >= 0.6 is 11.8 Å². The molecule has 3 fully saturated rings. The van der Waals surface area contributed by atoms with Crippen molar-refractivity contribution in [1.82, 2.24) is 14.7 Å². The summed E-state index contributed by atoms with van der Waals surface area (Å²) in [6.45, 7) is 19.1. The van der Waals surface area contributed by atoms with Crippen molar-refractivity contribution >= 4 is 29.5 Å². The Labute approximate surface area is 227 Å².